The third kappa shape index (κ3) is 3.81. The van der Waals surface area contributed by atoms with Gasteiger partial charge in [-0.2, -0.15) is 0 Å². The molecule has 112 valence electrons. The van der Waals surface area contributed by atoms with E-state index in [2.05, 4.69) is 37.8 Å². The Morgan fingerprint density at radius 1 is 1.30 bits per heavy atom. The Labute approximate surface area is 122 Å². The molecule has 0 radical (unpaired) electrons. The molecular formula is C17H27NO2. The van der Waals surface area contributed by atoms with E-state index < -0.39 is 6.10 Å². The van der Waals surface area contributed by atoms with Crippen molar-refractivity contribution in [1.29, 1.82) is 0 Å². The second-order valence-electron chi connectivity index (χ2n) is 5.77. The highest BCUT2D eigenvalue weighted by molar-refractivity contribution is 5.24. The number of β-amino-alcohol motifs (C(OH)–C–C–N with tert-alkyl or cyclic N) is 1. The van der Waals surface area contributed by atoms with Gasteiger partial charge in [-0.3, -0.25) is 4.90 Å². The molecule has 0 saturated carbocycles. The van der Waals surface area contributed by atoms with Gasteiger partial charge in [-0.1, -0.05) is 38.1 Å². The van der Waals surface area contributed by atoms with Crippen LogP contribution in [0.1, 0.15) is 44.4 Å². The quantitative estimate of drug-likeness (QED) is 0.898. The largest absolute Gasteiger partial charge is 0.387 e. The maximum absolute atomic E-state index is 10.5. The van der Waals surface area contributed by atoms with Crippen molar-refractivity contribution in [3.63, 3.8) is 0 Å². The first-order valence-electron chi connectivity index (χ1n) is 7.76. The second kappa shape index (κ2) is 7.21. The van der Waals surface area contributed by atoms with Crippen LogP contribution in [-0.4, -0.2) is 41.8 Å². The van der Waals surface area contributed by atoms with E-state index in [9.17, 15) is 5.11 Å². The van der Waals surface area contributed by atoms with Crippen LogP contribution in [0.3, 0.4) is 0 Å². The van der Waals surface area contributed by atoms with Crippen LogP contribution in [0.25, 0.3) is 0 Å². The number of aliphatic hydroxyl groups excluding tert-OH is 1. The van der Waals surface area contributed by atoms with Crippen molar-refractivity contribution < 1.29 is 9.84 Å². The average molecular weight is 277 g/mol. The van der Waals surface area contributed by atoms with Crippen LogP contribution in [0.15, 0.2) is 24.3 Å². The van der Waals surface area contributed by atoms with Crippen molar-refractivity contribution in [1.82, 2.24) is 4.90 Å². The molecular weight excluding hydrogens is 250 g/mol. The molecule has 3 atom stereocenters. The number of benzene rings is 1. The Morgan fingerprint density at radius 3 is 2.60 bits per heavy atom. The summed E-state index contributed by atoms with van der Waals surface area (Å²) in [5.41, 5.74) is 2.32. The second-order valence-corrected chi connectivity index (χ2v) is 5.77. The minimum absolute atomic E-state index is 0.257. The molecule has 1 heterocycles. The monoisotopic (exact) mass is 277 g/mol. The normalized spacial score (nSPS) is 25.6. The predicted octanol–water partition coefficient (Wildman–Crippen LogP) is 2.78. The van der Waals surface area contributed by atoms with E-state index in [1.54, 1.807) is 0 Å². The summed E-state index contributed by atoms with van der Waals surface area (Å²) in [5.74, 6) is 0. The summed E-state index contributed by atoms with van der Waals surface area (Å²) in [5, 5.41) is 10.5. The van der Waals surface area contributed by atoms with Gasteiger partial charge in [0.05, 0.1) is 18.8 Å². The van der Waals surface area contributed by atoms with Crippen LogP contribution < -0.4 is 0 Å². The number of aryl methyl sites for hydroxylation is 1. The van der Waals surface area contributed by atoms with Crippen LogP contribution in [0, 0.1) is 0 Å². The van der Waals surface area contributed by atoms with Gasteiger partial charge < -0.3 is 9.84 Å². The standard InChI is InChI=1S/C17H27NO2/c1-4-14-6-8-15(9-7-14)17(19)11-18-10-13(3)20-12-16(18)5-2/h6-9,13,16-17,19H,4-5,10-12H2,1-3H3. The summed E-state index contributed by atoms with van der Waals surface area (Å²) in [6.07, 6.45) is 1.94. The zero-order valence-electron chi connectivity index (χ0n) is 12.9. The number of aliphatic hydroxyl groups is 1. The minimum atomic E-state index is -0.416. The number of ether oxygens (including phenoxy) is 1. The number of hydrogen-bond donors (Lipinski definition) is 1. The number of rotatable bonds is 5. The molecule has 2 rings (SSSR count). The zero-order valence-corrected chi connectivity index (χ0v) is 12.9. The molecule has 1 aromatic carbocycles. The third-order valence-corrected chi connectivity index (χ3v) is 4.23. The van der Waals surface area contributed by atoms with Crippen LogP contribution in [0.4, 0.5) is 0 Å². The fraction of sp³-hybridized carbons (Fsp3) is 0.647. The summed E-state index contributed by atoms with van der Waals surface area (Å²) in [6, 6.07) is 8.74. The maximum Gasteiger partial charge on any atom is 0.0917 e. The molecule has 3 heteroatoms. The van der Waals surface area contributed by atoms with Crippen LogP contribution in [-0.2, 0) is 11.2 Å². The van der Waals surface area contributed by atoms with Gasteiger partial charge in [0.1, 0.15) is 0 Å². The molecule has 1 aliphatic rings. The van der Waals surface area contributed by atoms with Gasteiger partial charge in [-0.05, 0) is 30.9 Å². The first-order chi connectivity index (χ1) is 9.63. The van der Waals surface area contributed by atoms with Gasteiger partial charge in [0.25, 0.3) is 0 Å². The Morgan fingerprint density at radius 2 is 2.00 bits per heavy atom. The van der Waals surface area contributed by atoms with Crippen LogP contribution in [0.2, 0.25) is 0 Å². The van der Waals surface area contributed by atoms with Crippen molar-refractivity contribution in [2.45, 2.75) is 51.9 Å². The molecule has 1 fully saturated rings. The van der Waals surface area contributed by atoms with Crippen molar-refractivity contribution >= 4 is 0 Å². The van der Waals surface area contributed by atoms with Crippen molar-refractivity contribution in [3.8, 4) is 0 Å². The van der Waals surface area contributed by atoms with E-state index in [-0.39, 0.29) is 6.10 Å². The van der Waals surface area contributed by atoms with Gasteiger partial charge in [0, 0.05) is 19.1 Å². The SMILES string of the molecule is CCc1ccc(C(O)CN2CC(C)OCC2CC)cc1. The molecule has 3 nitrogen and oxygen atoms in total. The van der Waals surface area contributed by atoms with Crippen LogP contribution >= 0.6 is 0 Å². The molecule has 1 aliphatic heterocycles. The first kappa shape index (κ1) is 15.5. The third-order valence-electron chi connectivity index (χ3n) is 4.23. The van der Waals surface area contributed by atoms with E-state index in [1.807, 2.05) is 12.1 Å². The predicted molar refractivity (Wildman–Crippen MR) is 81.8 cm³/mol. The van der Waals surface area contributed by atoms with Crippen molar-refractivity contribution in [3.05, 3.63) is 35.4 Å². The smallest absolute Gasteiger partial charge is 0.0917 e. The van der Waals surface area contributed by atoms with Gasteiger partial charge in [-0.25, -0.2) is 0 Å². The Balaban J connectivity index is 1.99. The van der Waals surface area contributed by atoms with E-state index in [4.69, 9.17) is 4.74 Å². The summed E-state index contributed by atoms with van der Waals surface area (Å²) < 4.78 is 5.71. The topological polar surface area (TPSA) is 32.7 Å². The van der Waals surface area contributed by atoms with E-state index in [1.165, 1.54) is 5.56 Å². The van der Waals surface area contributed by atoms with Crippen molar-refractivity contribution in [2.24, 2.45) is 0 Å². The average Bonchev–Trinajstić information content (AvgIpc) is 2.47. The summed E-state index contributed by atoms with van der Waals surface area (Å²) >= 11 is 0. The molecule has 1 aromatic rings. The van der Waals surface area contributed by atoms with Gasteiger partial charge in [-0.15, -0.1) is 0 Å². The van der Waals surface area contributed by atoms with E-state index in [0.29, 0.717) is 12.6 Å². The molecule has 1 N–H and O–H groups in total. The lowest BCUT2D eigenvalue weighted by Crippen LogP contribution is -2.49. The lowest BCUT2D eigenvalue weighted by atomic mass is 10.0. The Hall–Kier alpha value is -0.900. The van der Waals surface area contributed by atoms with Gasteiger partial charge >= 0.3 is 0 Å². The molecule has 0 spiro atoms. The van der Waals surface area contributed by atoms with Gasteiger partial charge in [0.15, 0.2) is 0 Å². The van der Waals surface area contributed by atoms with Crippen LogP contribution in [0.5, 0.6) is 0 Å². The molecule has 0 amide bonds. The summed E-state index contributed by atoms with van der Waals surface area (Å²) in [7, 11) is 0. The number of nitrogens with zero attached hydrogens (tertiary/aromatic N) is 1. The first-order valence-corrected chi connectivity index (χ1v) is 7.76. The number of morpholine rings is 1. The molecule has 0 aliphatic carbocycles. The summed E-state index contributed by atoms with van der Waals surface area (Å²) in [6.45, 7) is 8.80. The molecule has 0 aromatic heterocycles. The Kier molecular flexibility index (Phi) is 5.58. The highest BCUT2D eigenvalue weighted by Crippen LogP contribution is 2.20. The highest BCUT2D eigenvalue weighted by atomic mass is 16.5. The van der Waals surface area contributed by atoms with Crippen molar-refractivity contribution in [2.75, 3.05) is 19.7 Å². The molecule has 20 heavy (non-hydrogen) atoms. The highest BCUT2D eigenvalue weighted by Gasteiger charge is 2.27. The minimum Gasteiger partial charge on any atom is -0.387 e. The molecule has 0 bridgehead atoms. The fourth-order valence-electron chi connectivity index (χ4n) is 2.82. The van der Waals surface area contributed by atoms with E-state index in [0.717, 1.165) is 31.6 Å². The molecule has 3 unspecified atom stereocenters. The fourth-order valence-corrected chi connectivity index (χ4v) is 2.82. The molecule has 1 saturated heterocycles. The van der Waals surface area contributed by atoms with Gasteiger partial charge in [0.2, 0.25) is 0 Å². The summed E-state index contributed by atoms with van der Waals surface area (Å²) in [4.78, 5) is 2.37. The Bertz CT molecular complexity index is 404. The maximum atomic E-state index is 10.5. The lowest BCUT2D eigenvalue weighted by Gasteiger charge is -2.39. The van der Waals surface area contributed by atoms with E-state index >= 15 is 0 Å². The lowest BCUT2D eigenvalue weighted by molar-refractivity contribution is -0.0681. The zero-order chi connectivity index (χ0) is 14.5. The number of hydrogen-bond acceptors (Lipinski definition) is 3.